The first-order valence-corrected chi connectivity index (χ1v) is 19.6. The zero-order valence-electron chi connectivity index (χ0n) is 18.3. The van der Waals surface area contributed by atoms with E-state index in [1.54, 1.807) is 6.33 Å². The van der Waals surface area contributed by atoms with Gasteiger partial charge in [-0.2, -0.15) is 0 Å². The highest BCUT2D eigenvalue weighted by Gasteiger charge is 2.49. The maximum absolute atomic E-state index is 4.73. The molecule has 3 aliphatic rings. The lowest BCUT2D eigenvalue weighted by Gasteiger charge is -2.54. The third-order valence-electron chi connectivity index (χ3n) is 7.30. The summed E-state index contributed by atoms with van der Waals surface area (Å²) < 4.78 is 5.46. The summed E-state index contributed by atoms with van der Waals surface area (Å²) in [5.74, 6) is 2.19. The molecule has 150 valence electrons. The van der Waals surface area contributed by atoms with E-state index in [1.165, 1.54) is 48.3 Å². The van der Waals surface area contributed by atoms with E-state index < -0.39 is 24.5 Å². The lowest BCUT2D eigenvalue weighted by atomic mass is 10.4. The van der Waals surface area contributed by atoms with E-state index in [9.17, 15) is 0 Å². The van der Waals surface area contributed by atoms with Crippen molar-refractivity contribution in [3.63, 3.8) is 0 Å². The quantitative estimate of drug-likeness (QED) is 0.596. The van der Waals surface area contributed by atoms with E-state index in [4.69, 9.17) is 4.98 Å². The van der Waals surface area contributed by atoms with Crippen molar-refractivity contribution in [2.75, 3.05) is 10.7 Å². The summed E-state index contributed by atoms with van der Waals surface area (Å²) in [7, 11) is -4.43. The number of rotatable bonds is 6. The van der Waals surface area contributed by atoms with Crippen LogP contribution >= 0.6 is 0 Å². The van der Waals surface area contributed by atoms with Crippen LogP contribution in [-0.4, -0.2) is 49.9 Å². The van der Waals surface area contributed by atoms with Gasteiger partial charge in [-0.05, 0) is 18.1 Å². The van der Waals surface area contributed by atoms with Crippen LogP contribution in [0.25, 0.3) is 11.5 Å². The highest BCUT2D eigenvalue weighted by molar-refractivity contribution is 6.92. The number of fused-ring (bicyclic) bond motifs is 1. The molecule has 27 heavy (non-hydrogen) atoms. The van der Waals surface area contributed by atoms with Crippen LogP contribution in [0.3, 0.4) is 0 Å². The molecule has 0 amide bonds. The van der Waals surface area contributed by atoms with Gasteiger partial charge in [0.2, 0.25) is 0 Å². The Labute approximate surface area is 168 Å². The van der Waals surface area contributed by atoms with Crippen LogP contribution in [0.5, 0.6) is 0 Å². The number of nitrogens with zero attached hydrogens (tertiary/aromatic N) is 5. The van der Waals surface area contributed by atoms with Crippen molar-refractivity contribution in [3.8, 4) is 11.5 Å². The van der Waals surface area contributed by atoms with Gasteiger partial charge in [0.05, 0.1) is 14.4 Å². The SMILES string of the molecule is CC[Si]1(CC)CC[Si](CC)(CC)N(c2c3ncnc-3ncn2[Si](C)(C)C)C1. The molecule has 1 saturated heterocycles. The van der Waals surface area contributed by atoms with E-state index in [0.717, 1.165) is 11.5 Å². The third kappa shape index (κ3) is 3.44. The predicted octanol–water partition coefficient (Wildman–Crippen LogP) is 5.29. The van der Waals surface area contributed by atoms with Crippen LogP contribution < -0.4 is 4.57 Å². The fourth-order valence-electron chi connectivity index (χ4n) is 4.87. The Kier molecular flexibility index (Phi) is 5.71. The molecule has 0 N–H and O–H groups in total. The highest BCUT2D eigenvalue weighted by Crippen LogP contribution is 2.44. The Hall–Kier alpha value is -0.999. The van der Waals surface area contributed by atoms with Crippen molar-refractivity contribution in [1.29, 1.82) is 0 Å². The first-order chi connectivity index (χ1) is 12.8. The molecule has 0 saturated carbocycles. The Balaban J connectivity index is 2.25. The molecule has 0 radical (unpaired) electrons. The zero-order chi connectivity index (χ0) is 19.9. The molecule has 3 heterocycles. The Morgan fingerprint density at radius 1 is 0.926 bits per heavy atom. The van der Waals surface area contributed by atoms with Crippen LogP contribution in [0, 0.1) is 0 Å². The normalized spacial score (nSPS) is 19.6. The molecule has 8 heteroatoms. The Morgan fingerprint density at radius 3 is 2.15 bits per heavy atom. The molecule has 0 aromatic rings. The first-order valence-electron chi connectivity index (χ1n) is 10.7. The zero-order valence-corrected chi connectivity index (χ0v) is 21.3. The molecular formula is C19H37N5Si3. The molecule has 0 aromatic heterocycles. The molecule has 5 nitrogen and oxygen atoms in total. The molecule has 0 unspecified atom stereocenters. The van der Waals surface area contributed by atoms with E-state index >= 15 is 0 Å². The molecule has 3 rings (SSSR count). The molecular weight excluding hydrogens is 383 g/mol. The van der Waals surface area contributed by atoms with E-state index in [0.29, 0.717) is 0 Å². The molecule has 0 bridgehead atoms. The van der Waals surface area contributed by atoms with Crippen LogP contribution in [0.4, 0.5) is 5.82 Å². The average Bonchev–Trinajstić information content (AvgIpc) is 3.15. The van der Waals surface area contributed by atoms with Crippen LogP contribution in [0.1, 0.15) is 27.7 Å². The van der Waals surface area contributed by atoms with Gasteiger partial charge in [0.1, 0.15) is 17.8 Å². The standard InChI is InChI=1S/C19H37N5Si3/c1-8-26(9-2)12-13-27(10-3,11-4)24(16-26)19-17-18(21-14-20-17)22-15-23(19)25(5,6)7/h14-15H,8-13,16H2,1-7H3. The summed E-state index contributed by atoms with van der Waals surface area (Å²) >= 11 is 0. The van der Waals surface area contributed by atoms with Crippen LogP contribution in [-0.2, 0) is 0 Å². The summed E-state index contributed by atoms with van der Waals surface area (Å²) in [6.45, 7) is 17.0. The maximum Gasteiger partial charge on any atom is 0.184 e. The van der Waals surface area contributed by atoms with Crippen LogP contribution in [0.2, 0.25) is 55.9 Å². The van der Waals surface area contributed by atoms with Gasteiger partial charge in [0, 0.05) is 6.17 Å². The molecule has 0 aliphatic carbocycles. The fraction of sp³-hybridized carbons (Fsp3) is 0.737. The van der Waals surface area contributed by atoms with Gasteiger partial charge in [-0.3, -0.25) is 0 Å². The topological polar surface area (TPSA) is 46.8 Å². The number of anilines is 1. The smallest absolute Gasteiger partial charge is 0.184 e. The second-order valence-corrected chi connectivity index (χ2v) is 24.3. The van der Waals surface area contributed by atoms with Crippen molar-refractivity contribution >= 4 is 30.4 Å². The molecule has 3 aliphatic heterocycles. The number of hydrogen-bond acceptors (Lipinski definition) is 4. The second kappa shape index (κ2) is 7.44. The molecule has 0 atom stereocenters. The maximum atomic E-state index is 4.73. The van der Waals surface area contributed by atoms with Gasteiger partial charge in [-0.25, -0.2) is 15.0 Å². The highest BCUT2D eigenvalue weighted by atomic mass is 28.3. The summed E-state index contributed by atoms with van der Waals surface area (Å²) in [5, 5.41) is 0. The van der Waals surface area contributed by atoms with Crippen molar-refractivity contribution < 1.29 is 0 Å². The summed E-state index contributed by atoms with van der Waals surface area (Å²) in [6, 6.07) is 8.42. The van der Waals surface area contributed by atoms with E-state index in [-0.39, 0.29) is 0 Å². The van der Waals surface area contributed by atoms with Crippen molar-refractivity contribution in [3.05, 3.63) is 12.7 Å². The van der Waals surface area contributed by atoms with E-state index in [1.807, 2.05) is 0 Å². The molecule has 0 aromatic carbocycles. The average molecular weight is 420 g/mol. The predicted molar refractivity (Wildman–Crippen MR) is 124 cm³/mol. The van der Waals surface area contributed by atoms with Crippen molar-refractivity contribution in [1.82, 2.24) is 19.2 Å². The summed E-state index contributed by atoms with van der Waals surface area (Å²) in [5.41, 5.74) is 1.04. The van der Waals surface area contributed by atoms with Gasteiger partial charge in [0.15, 0.2) is 22.3 Å². The minimum absolute atomic E-state index is 0.820. The largest absolute Gasteiger partial charge is 0.385 e. The van der Waals surface area contributed by atoms with E-state index in [2.05, 4.69) is 72.4 Å². The number of imidazole rings is 1. The van der Waals surface area contributed by atoms with Crippen LogP contribution in [0.15, 0.2) is 12.7 Å². The number of hydrogen-bond donors (Lipinski definition) is 0. The Morgan fingerprint density at radius 2 is 1.59 bits per heavy atom. The molecule has 1 fully saturated rings. The lowest BCUT2D eigenvalue weighted by molar-refractivity contribution is 0.903. The minimum Gasteiger partial charge on any atom is -0.385 e. The van der Waals surface area contributed by atoms with Crippen molar-refractivity contribution in [2.24, 2.45) is 0 Å². The van der Waals surface area contributed by atoms with Gasteiger partial charge < -0.3 is 8.80 Å². The second-order valence-electron chi connectivity index (χ2n) is 9.38. The Bertz CT molecular complexity index is 746. The third-order valence-corrected chi connectivity index (χ3v) is 20.5. The van der Waals surface area contributed by atoms with Gasteiger partial charge in [-0.1, -0.05) is 65.5 Å². The first kappa shape index (κ1) is 20.7. The summed E-state index contributed by atoms with van der Waals surface area (Å²) in [6.07, 6.45) is 5.08. The summed E-state index contributed by atoms with van der Waals surface area (Å²) in [4.78, 5) is 13.8. The number of aromatic nitrogens is 4. The van der Waals surface area contributed by atoms with Gasteiger partial charge >= 0.3 is 0 Å². The fourth-order valence-corrected chi connectivity index (χ4v) is 18.1. The lowest BCUT2D eigenvalue weighted by Crippen LogP contribution is -2.65. The minimum atomic E-state index is -1.62. The van der Waals surface area contributed by atoms with Gasteiger partial charge in [-0.15, -0.1) is 0 Å². The van der Waals surface area contributed by atoms with Gasteiger partial charge in [0.25, 0.3) is 0 Å². The molecule has 0 spiro atoms. The monoisotopic (exact) mass is 419 g/mol. The van der Waals surface area contributed by atoms with Crippen molar-refractivity contribution in [2.45, 2.75) is 83.6 Å².